The van der Waals surface area contributed by atoms with Gasteiger partial charge in [-0.05, 0) is 41.7 Å². The van der Waals surface area contributed by atoms with Crippen LogP contribution in [0.2, 0.25) is 0 Å². The van der Waals surface area contributed by atoms with Crippen LogP contribution in [0, 0.1) is 0 Å². The number of hydrogen-bond acceptors (Lipinski definition) is 1. The van der Waals surface area contributed by atoms with Crippen LogP contribution in [0.4, 0.5) is 0 Å². The van der Waals surface area contributed by atoms with Gasteiger partial charge in [0.25, 0.3) is 0 Å². The first kappa shape index (κ1) is 14.4. The molecule has 0 bridgehead atoms. The lowest BCUT2D eigenvalue weighted by Crippen LogP contribution is -2.03. The number of rotatable bonds is 5. The Hall–Kier alpha value is -2.54. The molecule has 0 amide bonds. The van der Waals surface area contributed by atoms with Gasteiger partial charge in [-0.2, -0.15) is 0 Å². The number of phenolic OH excluding ortho intramolecular Hbond substituents is 1. The first-order valence-corrected chi connectivity index (χ1v) is 7.71. The van der Waals surface area contributed by atoms with Crippen molar-refractivity contribution in [3.05, 3.63) is 102 Å². The van der Waals surface area contributed by atoms with Gasteiger partial charge in [-0.25, -0.2) is 0 Å². The molecule has 0 heterocycles. The van der Waals surface area contributed by atoms with Crippen molar-refractivity contribution in [1.82, 2.24) is 0 Å². The van der Waals surface area contributed by atoms with Gasteiger partial charge in [0.1, 0.15) is 5.75 Å². The summed E-state index contributed by atoms with van der Waals surface area (Å²) in [5.41, 5.74) is 3.94. The van der Waals surface area contributed by atoms with Gasteiger partial charge in [-0.15, -0.1) is 0 Å². The molecule has 3 rings (SSSR count). The molecule has 3 aromatic rings. The van der Waals surface area contributed by atoms with E-state index in [1.54, 1.807) is 12.1 Å². The molecule has 0 radical (unpaired) electrons. The maximum absolute atomic E-state index is 9.52. The lowest BCUT2D eigenvalue weighted by molar-refractivity contribution is 0.475. The van der Waals surface area contributed by atoms with E-state index < -0.39 is 0 Å². The average Bonchev–Trinajstić information content (AvgIpc) is 2.58. The van der Waals surface area contributed by atoms with Crippen molar-refractivity contribution in [1.29, 1.82) is 0 Å². The quantitative estimate of drug-likeness (QED) is 0.687. The van der Waals surface area contributed by atoms with E-state index in [1.165, 1.54) is 16.7 Å². The molecule has 110 valence electrons. The molecular formula is C21H20O. The molecule has 22 heavy (non-hydrogen) atoms. The maximum Gasteiger partial charge on any atom is 0.115 e. The SMILES string of the molecule is Oc1ccc(C(CCc2ccccc2)c2ccccc2)cc1. The Labute approximate surface area is 131 Å². The Morgan fingerprint density at radius 3 is 1.82 bits per heavy atom. The molecule has 1 unspecified atom stereocenters. The molecule has 1 N–H and O–H groups in total. The summed E-state index contributed by atoms with van der Waals surface area (Å²) in [4.78, 5) is 0. The third kappa shape index (κ3) is 3.56. The average molecular weight is 288 g/mol. The van der Waals surface area contributed by atoms with Gasteiger partial charge in [0, 0.05) is 5.92 Å². The molecule has 0 aliphatic heterocycles. The van der Waals surface area contributed by atoms with Gasteiger partial charge in [0.15, 0.2) is 0 Å². The molecule has 0 aromatic heterocycles. The smallest absolute Gasteiger partial charge is 0.115 e. The van der Waals surface area contributed by atoms with Crippen LogP contribution in [0.3, 0.4) is 0 Å². The van der Waals surface area contributed by atoms with Crippen LogP contribution in [0.5, 0.6) is 5.75 Å². The van der Waals surface area contributed by atoms with Gasteiger partial charge in [-0.1, -0.05) is 72.8 Å². The second-order valence-corrected chi connectivity index (χ2v) is 5.58. The highest BCUT2D eigenvalue weighted by molar-refractivity contribution is 5.35. The summed E-state index contributed by atoms with van der Waals surface area (Å²) in [5.74, 6) is 0.667. The van der Waals surface area contributed by atoms with Crippen molar-refractivity contribution < 1.29 is 5.11 Å². The fourth-order valence-corrected chi connectivity index (χ4v) is 2.87. The Bertz CT molecular complexity index is 687. The summed E-state index contributed by atoms with van der Waals surface area (Å²) in [6, 6.07) is 28.8. The summed E-state index contributed by atoms with van der Waals surface area (Å²) in [6.07, 6.45) is 2.10. The summed E-state index contributed by atoms with van der Waals surface area (Å²) in [7, 11) is 0. The highest BCUT2D eigenvalue weighted by atomic mass is 16.3. The first-order valence-electron chi connectivity index (χ1n) is 7.71. The standard InChI is InChI=1S/C21H20O/c22-20-14-12-19(13-15-20)21(18-9-5-2-6-10-18)16-11-17-7-3-1-4-8-17/h1-10,12-15,21-22H,11,16H2. The predicted octanol–water partition coefficient (Wildman–Crippen LogP) is 5.16. The summed E-state index contributed by atoms with van der Waals surface area (Å²) in [5, 5.41) is 9.52. The van der Waals surface area contributed by atoms with Crippen LogP contribution < -0.4 is 0 Å². The third-order valence-electron chi connectivity index (χ3n) is 4.06. The molecule has 1 nitrogen and oxygen atoms in total. The molecule has 0 saturated carbocycles. The zero-order valence-electron chi connectivity index (χ0n) is 12.5. The highest BCUT2D eigenvalue weighted by Gasteiger charge is 2.14. The number of aromatic hydroxyl groups is 1. The minimum absolute atomic E-state index is 0.318. The van der Waals surface area contributed by atoms with Gasteiger partial charge >= 0.3 is 0 Å². The number of benzene rings is 3. The molecule has 1 heteroatoms. The molecule has 3 aromatic carbocycles. The van der Waals surface area contributed by atoms with Crippen LogP contribution >= 0.6 is 0 Å². The van der Waals surface area contributed by atoms with Crippen LogP contribution in [-0.4, -0.2) is 5.11 Å². The van der Waals surface area contributed by atoms with Crippen LogP contribution in [-0.2, 0) is 6.42 Å². The van der Waals surface area contributed by atoms with E-state index in [1.807, 2.05) is 12.1 Å². The lowest BCUT2D eigenvalue weighted by atomic mass is 9.86. The summed E-state index contributed by atoms with van der Waals surface area (Å²) in [6.45, 7) is 0. The minimum atomic E-state index is 0.318. The second kappa shape index (κ2) is 6.95. The lowest BCUT2D eigenvalue weighted by Gasteiger charge is -2.18. The van der Waals surface area contributed by atoms with Crippen molar-refractivity contribution in [2.75, 3.05) is 0 Å². The van der Waals surface area contributed by atoms with Crippen molar-refractivity contribution in [2.45, 2.75) is 18.8 Å². The summed E-state index contributed by atoms with van der Waals surface area (Å²) < 4.78 is 0. The largest absolute Gasteiger partial charge is 0.508 e. The molecular weight excluding hydrogens is 268 g/mol. The van der Waals surface area contributed by atoms with Gasteiger partial charge in [0.2, 0.25) is 0 Å². The molecule has 0 spiro atoms. The molecule has 0 aliphatic rings. The summed E-state index contributed by atoms with van der Waals surface area (Å²) >= 11 is 0. The number of phenols is 1. The Morgan fingerprint density at radius 2 is 1.18 bits per heavy atom. The van der Waals surface area contributed by atoms with E-state index in [4.69, 9.17) is 0 Å². The first-order chi connectivity index (χ1) is 10.8. The van der Waals surface area contributed by atoms with Crippen molar-refractivity contribution in [2.24, 2.45) is 0 Å². The zero-order chi connectivity index (χ0) is 15.2. The third-order valence-corrected chi connectivity index (χ3v) is 4.06. The predicted molar refractivity (Wildman–Crippen MR) is 91.2 cm³/mol. The fourth-order valence-electron chi connectivity index (χ4n) is 2.87. The van der Waals surface area contributed by atoms with E-state index in [2.05, 4.69) is 60.7 Å². The highest BCUT2D eigenvalue weighted by Crippen LogP contribution is 2.30. The van der Waals surface area contributed by atoms with Crippen LogP contribution in [0.15, 0.2) is 84.9 Å². The monoisotopic (exact) mass is 288 g/mol. The normalized spacial score (nSPS) is 12.0. The van der Waals surface area contributed by atoms with Crippen molar-refractivity contribution in [3.63, 3.8) is 0 Å². The van der Waals surface area contributed by atoms with Crippen molar-refractivity contribution >= 4 is 0 Å². The molecule has 1 atom stereocenters. The van der Waals surface area contributed by atoms with Crippen molar-refractivity contribution in [3.8, 4) is 5.75 Å². The zero-order valence-corrected chi connectivity index (χ0v) is 12.5. The van der Waals surface area contributed by atoms with Crippen LogP contribution in [0.25, 0.3) is 0 Å². The topological polar surface area (TPSA) is 20.2 Å². The Morgan fingerprint density at radius 1 is 0.636 bits per heavy atom. The minimum Gasteiger partial charge on any atom is -0.508 e. The van der Waals surface area contributed by atoms with Gasteiger partial charge < -0.3 is 5.11 Å². The number of aryl methyl sites for hydroxylation is 1. The maximum atomic E-state index is 9.52. The second-order valence-electron chi connectivity index (χ2n) is 5.58. The number of hydrogen-bond donors (Lipinski definition) is 1. The Kier molecular flexibility index (Phi) is 4.55. The molecule has 0 fully saturated rings. The fraction of sp³-hybridized carbons (Fsp3) is 0.143. The molecule has 0 aliphatic carbocycles. The van der Waals surface area contributed by atoms with E-state index in [0.29, 0.717) is 11.7 Å². The van der Waals surface area contributed by atoms with Gasteiger partial charge in [0.05, 0.1) is 0 Å². The molecule has 0 saturated heterocycles. The Balaban J connectivity index is 1.85. The van der Waals surface area contributed by atoms with E-state index in [9.17, 15) is 5.11 Å². The van der Waals surface area contributed by atoms with E-state index >= 15 is 0 Å². The van der Waals surface area contributed by atoms with Gasteiger partial charge in [-0.3, -0.25) is 0 Å². The van der Waals surface area contributed by atoms with Crippen LogP contribution in [0.1, 0.15) is 29.0 Å². The van der Waals surface area contributed by atoms with E-state index in [0.717, 1.165) is 12.8 Å². The van der Waals surface area contributed by atoms with E-state index in [-0.39, 0.29) is 0 Å².